The van der Waals surface area contributed by atoms with Crippen molar-refractivity contribution in [3.8, 4) is 11.8 Å². The molecular weight excluding hydrogens is 261 g/mol. The molecule has 0 aromatic heterocycles. The molecule has 2 aromatic carbocycles. The van der Waals surface area contributed by atoms with Crippen molar-refractivity contribution in [2.45, 2.75) is 6.61 Å². The van der Waals surface area contributed by atoms with Gasteiger partial charge in [-0.05, 0) is 29.8 Å². The summed E-state index contributed by atoms with van der Waals surface area (Å²) in [6.07, 6.45) is 0. The molecule has 0 heterocycles. The molecule has 0 aliphatic rings. The minimum Gasteiger partial charge on any atom is -0.487 e. The van der Waals surface area contributed by atoms with Crippen LogP contribution in [0.2, 0.25) is 0 Å². The number of nitriles is 1. The summed E-state index contributed by atoms with van der Waals surface area (Å²) in [6, 6.07) is 12.1. The summed E-state index contributed by atoms with van der Waals surface area (Å²) in [5, 5.41) is 17.7. The molecule has 0 spiro atoms. The van der Waals surface area contributed by atoms with Gasteiger partial charge in [0.1, 0.15) is 29.8 Å². The topological polar surface area (TPSA) is 70.3 Å². The van der Waals surface area contributed by atoms with Crippen LogP contribution in [0.3, 0.4) is 0 Å². The second kappa shape index (κ2) is 5.85. The molecule has 0 radical (unpaired) electrons. The Morgan fingerprint density at radius 3 is 2.75 bits per heavy atom. The van der Waals surface area contributed by atoms with Crippen molar-refractivity contribution in [3.05, 3.63) is 65.0 Å². The van der Waals surface area contributed by atoms with Crippen LogP contribution in [0.1, 0.15) is 21.5 Å². The lowest BCUT2D eigenvalue weighted by Gasteiger charge is -2.08. The second-order valence-electron chi connectivity index (χ2n) is 4.02. The molecule has 0 aliphatic carbocycles. The number of rotatable bonds is 4. The van der Waals surface area contributed by atoms with Crippen molar-refractivity contribution >= 4 is 5.97 Å². The second-order valence-corrected chi connectivity index (χ2v) is 4.02. The molecule has 20 heavy (non-hydrogen) atoms. The van der Waals surface area contributed by atoms with Crippen molar-refractivity contribution in [1.29, 1.82) is 5.26 Å². The summed E-state index contributed by atoms with van der Waals surface area (Å²) in [4.78, 5) is 10.8. The van der Waals surface area contributed by atoms with Gasteiger partial charge in [0, 0.05) is 0 Å². The third-order valence-electron chi connectivity index (χ3n) is 2.66. The largest absolute Gasteiger partial charge is 0.487 e. The quantitative estimate of drug-likeness (QED) is 0.928. The summed E-state index contributed by atoms with van der Waals surface area (Å²) < 4.78 is 18.7. The number of carboxylic acids is 1. The number of benzene rings is 2. The number of hydrogen-bond donors (Lipinski definition) is 1. The molecule has 1 N–H and O–H groups in total. The predicted octanol–water partition coefficient (Wildman–Crippen LogP) is 2.97. The Hall–Kier alpha value is -2.87. The molecular formula is C15H10FNO3. The fourth-order valence-corrected chi connectivity index (χ4v) is 1.69. The number of aromatic carboxylic acids is 1. The first kappa shape index (κ1) is 13.6. The molecule has 0 amide bonds. The molecule has 0 aliphatic heterocycles. The highest BCUT2D eigenvalue weighted by Gasteiger charge is 2.09. The SMILES string of the molecule is N#Cc1c(F)cccc1OCc1cccc(C(=O)O)c1. The van der Waals surface area contributed by atoms with Crippen molar-refractivity contribution in [3.63, 3.8) is 0 Å². The van der Waals surface area contributed by atoms with Gasteiger partial charge in [0.25, 0.3) is 0 Å². The standard InChI is InChI=1S/C15H10FNO3/c16-13-5-2-6-14(12(13)8-17)20-9-10-3-1-4-11(7-10)15(18)19/h1-7H,9H2,(H,18,19). The van der Waals surface area contributed by atoms with Crippen molar-refractivity contribution < 1.29 is 19.0 Å². The maximum atomic E-state index is 13.4. The molecule has 0 atom stereocenters. The number of ether oxygens (including phenoxy) is 1. The van der Waals surface area contributed by atoms with Crippen LogP contribution in [0.15, 0.2) is 42.5 Å². The van der Waals surface area contributed by atoms with E-state index in [4.69, 9.17) is 15.1 Å². The van der Waals surface area contributed by atoms with E-state index in [1.165, 1.54) is 30.3 Å². The van der Waals surface area contributed by atoms with Crippen LogP contribution in [-0.2, 0) is 6.61 Å². The van der Waals surface area contributed by atoms with Gasteiger partial charge in [-0.1, -0.05) is 18.2 Å². The monoisotopic (exact) mass is 271 g/mol. The van der Waals surface area contributed by atoms with Crippen molar-refractivity contribution in [2.24, 2.45) is 0 Å². The average molecular weight is 271 g/mol. The maximum Gasteiger partial charge on any atom is 0.335 e. The highest BCUT2D eigenvalue weighted by atomic mass is 19.1. The first-order valence-corrected chi connectivity index (χ1v) is 5.75. The van der Waals surface area contributed by atoms with Crippen molar-refractivity contribution in [2.75, 3.05) is 0 Å². The van der Waals surface area contributed by atoms with Gasteiger partial charge in [-0.15, -0.1) is 0 Å². The Morgan fingerprint density at radius 1 is 1.30 bits per heavy atom. The van der Waals surface area contributed by atoms with Gasteiger partial charge in [-0.2, -0.15) is 5.26 Å². The third kappa shape index (κ3) is 2.93. The lowest BCUT2D eigenvalue weighted by molar-refractivity contribution is 0.0696. The zero-order valence-electron chi connectivity index (χ0n) is 10.3. The van der Waals surface area contributed by atoms with Crippen LogP contribution >= 0.6 is 0 Å². The van der Waals surface area contributed by atoms with E-state index in [1.54, 1.807) is 18.2 Å². The normalized spacial score (nSPS) is 9.80. The van der Waals surface area contributed by atoms with Gasteiger partial charge in [-0.3, -0.25) is 0 Å². The molecule has 5 heteroatoms. The summed E-state index contributed by atoms with van der Waals surface area (Å²) in [7, 11) is 0. The third-order valence-corrected chi connectivity index (χ3v) is 2.66. The molecule has 0 fully saturated rings. The first-order valence-electron chi connectivity index (χ1n) is 5.75. The van der Waals surface area contributed by atoms with Crippen LogP contribution in [0.4, 0.5) is 4.39 Å². The van der Waals surface area contributed by atoms with Gasteiger partial charge in [0.15, 0.2) is 0 Å². The minimum absolute atomic E-state index is 0.0548. The molecule has 0 saturated carbocycles. The molecule has 2 rings (SSSR count). The van der Waals surface area contributed by atoms with Gasteiger partial charge in [-0.25, -0.2) is 9.18 Å². The van der Waals surface area contributed by atoms with Gasteiger partial charge in [0.05, 0.1) is 5.56 Å². The van der Waals surface area contributed by atoms with E-state index in [0.29, 0.717) is 5.56 Å². The van der Waals surface area contributed by atoms with Crippen molar-refractivity contribution in [1.82, 2.24) is 0 Å². The Balaban J connectivity index is 2.17. The lowest BCUT2D eigenvalue weighted by atomic mass is 10.1. The Bertz CT molecular complexity index is 692. The lowest BCUT2D eigenvalue weighted by Crippen LogP contribution is -2.01. The summed E-state index contributed by atoms with van der Waals surface area (Å²) >= 11 is 0. The molecule has 2 aromatic rings. The molecule has 0 saturated heterocycles. The zero-order valence-corrected chi connectivity index (χ0v) is 10.3. The Kier molecular flexibility index (Phi) is 3.96. The van der Waals surface area contributed by atoms with E-state index in [-0.39, 0.29) is 23.5 Å². The number of carbonyl (C=O) groups is 1. The summed E-state index contributed by atoms with van der Waals surface area (Å²) in [6.45, 7) is 0.0548. The highest BCUT2D eigenvalue weighted by Crippen LogP contribution is 2.21. The fourth-order valence-electron chi connectivity index (χ4n) is 1.69. The number of carboxylic acid groups (broad SMARTS) is 1. The molecule has 0 bridgehead atoms. The Morgan fingerprint density at radius 2 is 2.05 bits per heavy atom. The fraction of sp³-hybridized carbons (Fsp3) is 0.0667. The van der Waals surface area contributed by atoms with E-state index in [0.717, 1.165) is 0 Å². The van der Waals surface area contributed by atoms with E-state index in [9.17, 15) is 9.18 Å². The predicted molar refractivity (Wildman–Crippen MR) is 68.8 cm³/mol. The summed E-state index contributed by atoms with van der Waals surface area (Å²) in [5.41, 5.74) is 0.603. The molecule has 100 valence electrons. The van der Waals surface area contributed by atoms with Crippen LogP contribution < -0.4 is 4.74 Å². The van der Waals surface area contributed by atoms with Gasteiger partial charge < -0.3 is 9.84 Å². The number of hydrogen-bond acceptors (Lipinski definition) is 3. The van der Waals surface area contributed by atoms with Crippen LogP contribution in [0.5, 0.6) is 5.75 Å². The zero-order chi connectivity index (χ0) is 14.5. The van der Waals surface area contributed by atoms with Gasteiger partial charge in [0.2, 0.25) is 0 Å². The van der Waals surface area contributed by atoms with E-state index >= 15 is 0 Å². The van der Waals surface area contributed by atoms with Crippen LogP contribution in [-0.4, -0.2) is 11.1 Å². The highest BCUT2D eigenvalue weighted by molar-refractivity contribution is 5.87. The van der Waals surface area contributed by atoms with Crippen LogP contribution in [0, 0.1) is 17.1 Å². The van der Waals surface area contributed by atoms with E-state index in [2.05, 4.69) is 0 Å². The van der Waals surface area contributed by atoms with E-state index < -0.39 is 11.8 Å². The van der Waals surface area contributed by atoms with E-state index in [1.807, 2.05) is 0 Å². The Labute approximate surface area is 114 Å². The maximum absolute atomic E-state index is 13.4. The first-order chi connectivity index (χ1) is 9.61. The molecule has 4 nitrogen and oxygen atoms in total. The van der Waals surface area contributed by atoms with Gasteiger partial charge >= 0.3 is 5.97 Å². The average Bonchev–Trinajstić information content (AvgIpc) is 2.45. The molecule has 0 unspecified atom stereocenters. The number of halogens is 1. The number of nitrogens with zero attached hydrogens (tertiary/aromatic N) is 1. The van der Waals surface area contributed by atoms with Crippen LogP contribution in [0.25, 0.3) is 0 Å². The summed E-state index contributed by atoms with van der Waals surface area (Å²) in [5.74, 6) is -1.55. The minimum atomic E-state index is -1.03. The smallest absolute Gasteiger partial charge is 0.335 e.